The number of rotatable bonds is 10. The van der Waals surface area contributed by atoms with Crippen LogP contribution in [0, 0.1) is 0 Å². The summed E-state index contributed by atoms with van der Waals surface area (Å²) in [4.78, 5) is 9.92. The van der Waals surface area contributed by atoms with E-state index in [4.69, 9.17) is 9.73 Å². The van der Waals surface area contributed by atoms with Gasteiger partial charge in [0.15, 0.2) is 5.96 Å². The fourth-order valence-corrected chi connectivity index (χ4v) is 3.71. The number of likely N-dealkylation sites (N-methyl/N-ethyl adjacent to an activating group) is 1. The Bertz CT molecular complexity index is 596. The van der Waals surface area contributed by atoms with Gasteiger partial charge in [0.25, 0.3) is 0 Å². The van der Waals surface area contributed by atoms with Crippen LogP contribution >= 0.6 is 0 Å². The van der Waals surface area contributed by atoms with E-state index in [1.165, 1.54) is 18.7 Å². The van der Waals surface area contributed by atoms with Crippen LogP contribution in [0.3, 0.4) is 0 Å². The Morgan fingerprint density at radius 1 is 1.07 bits per heavy atom. The minimum Gasteiger partial charge on any atom is -0.497 e. The molecule has 1 fully saturated rings. The van der Waals surface area contributed by atoms with Gasteiger partial charge in [-0.1, -0.05) is 26.0 Å². The molecule has 0 aliphatic carbocycles. The predicted molar refractivity (Wildman–Crippen MR) is 123 cm³/mol. The van der Waals surface area contributed by atoms with Gasteiger partial charge in [-0.25, -0.2) is 0 Å². The molecule has 2 unspecified atom stereocenters. The van der Waals surface area contributed by atoms with Gasteiger partial charge in [0, 0.05) is 45.3 Å². The number of hydrogen-bond donors (Lipinski definition) is 2. The van der Waals surface area contributed by atoms with Crippen LogP contribution in [-0.4, -0.2) is 81.3 Å². The van der Waals surface area contributed by atoms with Crippen molar-refractivity contribution in [3.8, 4) is 5.75 Å². The van der Waals surface area contributed by atoms with Gasteiger partial charge in [-0.15, -0.1) is 0 Å². The van der Waals surface area contributed by atoms with Crippen LogP contribution in [0.15, 0.2) is 29.3 Å². The molecule has 164 valence electrons. The number of benzene rings is 1. The molecule has 0 saturated carbocycles. The van der Waals surface area contributed by atoms with Crippen LogP contribution in [0.2, 0.25) is 0 Å². The predicted octanol–water partition coefficient (Wildman–Crippen LogP) is 2.77. The van der Waals surface area contributed by atoms with E-state index in [2.05, 4.69) is 60.3 Å². The highest BCUT2D eigenvalue weighted by Crippen LogP contribution is 2.21. The molecule has 2 atom stereocenters. The maximum Gasteiger partial charge on any atom is 0.191 e. The molecule has 0 spiro atoms. The average molecular weight is 404 g/mol. The van der Waals surface area contributed by atoms with Crippen molar-refractivity contribution in [2.75, 3.05) is 59.5 Å². The van der Waals surface area contributed by atoms with Crippen LogP contribution < -0.4 is 15.4 Å². The summed E-state index contributed by atoms with van der Waals surface area (Å²) in [6.45, 7) is 17.3. The summed E-state index contributed by atoms with van der Waals surface area (Å²) in [7, 11) is 1.70. The van der Waals surface area contributed by atoms with Crippen LogP contribution in [0.1, 0.15) is 45.6 Å². The molecule has 0 aromatic heterocycles. The van der Waals surface area contributed by atoms with Gasteiger partial charge in [-0.05, 0) is 50.4 Å². The number of hydrogen-bond acceptors (Lipinski definition) is 4. The molecule has 0 amide bonds. The molecule has 1 aromatic carbocycles. The normalized spacial score (nSPS) is 18.3. The third kappa shape index (κ3) is 7.86. The summed E-state index contributed by atoms with van der Waals surface area (Å²) >= 11 is 0. The highest BCUT2D eigenvalue weighted by atomic mass is 16.5. The standard InChI is InChI=1S/C23H41N5O/c1-6-24-23(26-18-20(4)28-16-14-27(7-2)15-17-28)25-13-12-19(3)21-8-10-22(29-5)11-9-21/h8-11,19-20H,6-7,12-18H2,1-5H3,(H2,24,25,26). The van der Waals surface area contributed by atoms with E-state index in [1.807, 2.05) is 12.1 Å². The summed E-state index contributed by atoms with van der Waals surface area (Å²) in [5.41, 5.74) is 1.34. The topological polar surface area (TPSA) is 52.1 Å². The fraction of sp³-hybridized carbons (Fsp3) is 0.696. The van der Waals surface area contributed by atoms with Gasteiger partial charge in [-0.2, -0.15) is 0 Å². The van der Waals surface area contributed by atoms with Crippen molar-refractivity contribution >= 4 is 5.96 Å². The molecule has 6 heteroatoms. The molecule has 1 aliphatic rings. The fourth-order valence-electron chi connectivity index (χ4n) is 3.71. The highest BCUT2D eigenvalue weighted by Gasteiger charge is 2.19. The Labute approximate surface area is 177 Å². The third-order valence-corrected chi connectivity index (χ3v) is 5.89. The van der Waals surface area contributed by atoms with E-state index in [0.717, 1.165) is 57.4 Å². The molecule has 1 heterocycles. The van der Waals surface area contributed by atoms with Gasteiger partial charge in [0.2, 0.25) is 0 Å². The average Bonchev–Trinajstić information content (AvgIpc) is 2.77. The summed E-state index contributed by atoms with van der Waals surface area (Å²) in [5.74, 6) is 2.32. The maximum atomic E-state index is 5.25. The molecular formula is C23H41N5O. The molecule has 0 radical (unpaired) electrons. The lowest BCUT2D eigenvalue weighted by atomic mass is 9.98. The molecule has 6 nitrogen and oxygen atoms in total. The first kappa shape index (κ1) is 23.5. The minimum absolute atomic E-state index is 0.475. The second-order valence-corrected chi connectivity index (χ2v) is 7.93. The first-order valence-electron chi connectivity index (χ1n) is 11.2. The monoisotopic (exact) mass is 403 g/mol. The van der Waals surface area contributed by atoms with Crippen molar-refractivity contribution in [3.63, 3.8) is 0 Å². The lowest BCUT2D eigenvalue weighted by Gasteiger charge is -2.37. The first-order chi connectivity index (χ1) is 14.1. The Hall–Kier alpha value is -1.79. The van der Waals surface area contributed by atoms with Crippen molar-refractivity contribution in [2.24, 2.45) is 4.99 Å². The van der Waals surface area contributed by atoms with Gasteiger partial charge in [0.1, 0.15) is 5.75 Å². The van der Waals surface area contributed by atoms with Crippen LogP contribution in [0.25, 0.3) is 0 Å². The Morgan fingerprint density at radius 3 is 2.34 bits per heavy atom. The molecule has 1 saturated heterocycles. The Morgan fingerprint density at radius 2 is 1.76 bits per heavy atom. The smallest absolute Gasteiger partial charge is 0.191 e. The molecule has 2 N–H and O–H groups in total. The Balaban J connectivity index is 1.77. The summed E-state index contributed by atoms with van der Waals surface area (Å²) < 4.78 is 5.25. The van der Waals surface area contributed by atoms with Gasteiger partial charge >= 0.3 is 0 Å². The second kappa shape index (κ2) is 12.7. The first-order valence-corrected chi connectivity index (χ1v) is 11.2. The van der Waals surface area contributed by atoms with Crippen LogP contribution in [-0.2, 0) is 0 Å². The van der Waals surface area contributed by atoms with Gasteiger partial charge in [0.05, 0.1) is 13.7 Å². The number of piperazine rings is 1. The molecular weight excluding hydrogens is 362 g/mol. The summed E-state index contributed by atoms with van der Waals surface area (Å²) in [6.07, 6.45) is 1.06. The number of ether oxygens (including phenoxy) is 1. The number of nitrogens with zero attached hydrogens (tertiary/aromatic N) is 3. The van der Waals surface area contributed by atoms with Crippen LogP contribution in [0.4, 0.5) is 0 Å². The van der Waals surface area contributed by atoms with E-state index < -0.39 is 0 Å². The Kier molecular flexibility index (Phi) is 10.3. The molecule has 1 aliphatic heterocycles. The minimum atomic E-state index is 0.475. The molecule has 0 bridgehead atoms. The lowest BCUT2D eigenvalue weighted by molar-refractivity contribution is 0.109. The van der Waals surface area contributed by atoms with Crippen molar-refractivity contribution in [2.45, 2.75) is 46.1 Å². The van der Waals surface area contributed by atoms with E-state index in [0.29, 0.717) is 12.0 Å². The second-order valence-electron chi connectivity index (χ2n) is 7.93. The zero-order valence-corrected chi connectivity index (χ0v) is 19.1. The zero-order valence-electron chi connectivity index (χ0n) is 19.1. The molecule has 29 heavy (non-hydrogen) atoms. The maximum absolute atomic E-state index is 5.25. The van der Waals surface area contributed by atoms with E-state index in [9.17, 15) is 0 Å². The van der Waals surface area contributed by atoms with Crippen LogP contribution in [0.5, 0.6) is 5.75 Å². The molecule has 1 aromatic rings. The van der Waals surface area contributed by atoms with Gasteiger partial charge < -0.3 is 20.3 Å². The van der Waals surface area contributed by atoms with E-state index in [-0.39, 0.29) is 0 Å². The lowest BCUT2D eigenvalue weighted by Crippen LogP contribution is -2.50. The summed E-state index contributed by atoms with van der Waals surface area (Å²) in [5, 5.41) is 6.89. The molecule has 2 rings (SSSR count). The van der Waals surface area contributed by atoms with Crippen molar-refractivity contribution in [1.29, 1.82) is 0 Å². The van der Waals surface area contributed by atoms with Crippen molar-refractivity contribution in [3.05, 3.63) is 29.8 Å². The van der Waals surface area contributed by atoms with E-state index >= 15 is 0 Å². The highest BCUT2D eigenvalue weighted by molar-refractivity contribution is 5.79. The number of aliphatic imine (C=N–C) groups is 1. The largest absolute Gasteiger partial charge is 0.497 e. The van der Waals surface area contributed by atoms with Crippen molar-refractivity contribution < 1.29 is 4.74 Å². The summed E-state index contributed by atoms with van der Waals surface area (Å²) in [6, 6.07) is 8.85. The zero-order chi connectivity index (χ0) is 21.1. The number of methoxy groups -OCH3 is 1. The van der Waals surface area contributed by atoms with Crippen molar-refractivity contribution in [1.82, 2.24) is 20.4 Å². The SMILES string of the molecule is CCNC(=NCC(C)N1CCN(CC)CC1)NCCC(C)c1ccc(OC)cc1. The number of nitrogens with one attached hydrogen (secondary N) is 2. The third-order valence-electron chi connectivity index (χ3n) is 5.89. The van der Waals surface area contributed by atoms with E-state index in [1.54, 1.807) is 7.11 Å². The number of guanidine groups is 1. The van der Waals surface area contributed by atoms with Gasteiger partial charge in [-0.3, -0.25) is 9.89 Å². The quantitative estimate of drug-likeness (QED) is 0.465.